The summed E-state index contributed by atoms with van der Waals surface area (Å²) >= 11 is 0. The minimum Gasteiger partial charge on any atom is -0.384 e. The number of carbonyl (C=O) groups is 1. The highest BCUT2D eigenvalue weighted by Gasteiger charge is 2.29. The zero-order chi connectivity index (χ0) is 14.5. The molecule has 1 aliphatic heterocycles. The number of hydrogen-bond donors (Lipinski definition) is 2. The molecule has 1 saturated heterocycles. The van der Waals surface area contributed by atoms with Crippen LogP contribution in [0.4, 0.5) is 11.5 Å². The lowest BCUT2D eigenvalue weighted by Crippen LogP contribution is -2.49. The van der Waals surface area contributed by atoms with E-state index in [1.54, 1.807) is 18.3 Å². The maximum atomic E-state index is 12.5. The lowest BCUT2D eigenvalue weighted by Gasteiger charge is -2.35. The van der Waals surface area contributed by atoms with Gasteiger partial charge in [0.25, 0.3) is 0 Å². The Kier molecular flexibility index (Phi) is 4.95. The van der Waals surface area contributed by atoms with E-state index in [0.29, 0.717) is 11.5 Å². The van der Waals surface area contributed by atoms with Crippen molar-refractivity contribution < 1.29 is 4.79 Å². The summed E-state index contributed by atoms with van der Waals surface area (Å²) < 4.78 is 0. The van der Waals surface area contributed by atoms with E-state index in [1.165, 1.54) is 19.3 Å². The molecule has 3 N–H and O–H groups in total. The minimum absolute atomic E-state index is 0.0495. The average molecular weight is 276 g/mol. The number of likely N-dealkylation sites (tertiary alicyclic amines) is 1. The summed E-state index contributed by atoms with van der Waals surface area (Å²) in [4.78, 5) is 18.8. The highest BCUT2D eigenvalue weighted by atomic mass is 16.2. The van der Waals surface area contributed by atoms with Crippen LogP contribution in [0.1, 0.15) is 33.1 Å². The molecule has 0 spiro atoms. The van der Waals surface area contributed by atoms with E-state index < -0.39 is 0 Å². The van der Waals surface area contributed by atoms with Gasteiger partial charge in [-0.05, 0) is 44.0 Å². The van der Waals surface area contributed by atoms with Crippen LogP contribution in [0.15, 0.2) is 18.3 Å². The number of anilines is 2. The highest BCUT2D eigenvalue weighted by molar-refractivity contribution is 5.94. The van der Waals surface area contributed by atoms with Crippen LogP contribution < -0.4 is 11.1 Å². The quantitative estimate of drug-likeness (QED) is 0.883. The third-order valence-corrected chi connectivity index (χ3v) is 3.74. The molecule has 5 heteroatoms. The summed E-state index contributed by atoms with van der Waals surface area (Å²) in [6.07, 6.45) is 5.23. The number of hydrogen-bond acceptors (Lipinski definition) is 4. The average Bonchev–Trinajstić information content (AvgIpc) is 2.42. The van der Waals surface area contributed by atoms with Gasteiger partial charge in [-0.3, -0.25) is 9.69 Å². The number of piperidine rings is 1. The first-order chi connectivity index (χ1) is 9.58. The van der Waals surface area contributed by atoms with Gasteiger partial charge in [-0.1, -0.05) is 20.3 Å². The van der Waals surface area contributed by atoms with Crippen molar-refractivity contribution in [2.45, 2.75) is 39.2 Å². The van der Waals surface area contributed by atoms with Gasteiger partial charge >= 0.3 is 0 Å². The summed E-state index contributed by atoms with van der Waals surface area (Å²) in [5.41, 5.74) is 6.25. The minimum atomic E-state index is -0.0761. The van der Waals surface area contributed by atoms with Crippen LogP contribution in [0.25, 0.3) is 0 Å². The Bertz CT molecular complexity index is 438. The molecule has 2 heterocycles. The molecule has 0 aromatic carbocycles. The Balaban J connectivity index is 2.04. The van der Waals surface area contributed by atoms with Gasteiger partial charge in [-0.25, -0.2) is 4.98 Å². The molecule has 1 amide bonds. The Labute approximate surface area is 120 Å². The molecule has 1 aliphatic rings. The SMILES string of the molecule is CC(C)C(C(=O)Nc1ccc(N)nc1)N1CCCCC1. The molecule has 1 fully saturated rings. The van der Waals surface area contributed by atoms with Crippen molar-refractivity contribution in [3.05, 3.63) is 18.3 Å². The fourth-order valence-corrected chi connectivity index (χ4v) is 2.78. The third-order valence-electron chi connectivity index (χ3n) is 3.74. The third kappa shape index (κ3) is 3.70. The molecule has 1 atom stereocenters. The van der Waals surface area contributed by atoms with Crippen molar-refractivity contribution in [2.75, 3.05) is 24.1 Å². The lowest BCUT2D eigenvalue weighted by atomic mass is 9.98. The smallest absolute Gasteiger partial charge is 0.242 e. The number of nitrogens with two attached hydrogens (primary N) is 1. The molecule has 20 heavy (non-hydrogen) atoms. The van der Waals surface area contributed by atoms with Crippen molar-refractivity contribution in [1.29, 1.82) is 0 Å². The second-order valence-corrected chi connectivity index (χ2v) is 5.75. The van der Waals surface area contributed by atoms with Crippen LogP contribution in [0, 0.1) is 5.92 Å². The molecule has 0 radical (unpaired) electrons. The van der Waals surface area contributed by atoms with Gasteiger partial charge in [-0.15, -0.1) is 0 Å². The van der Waals surface area contributed by atoms with E-state index in [-0.39, 0.29) is 17.9 Å². The molecular formula is C15H24N4O. The number of amides is 1. The number of nitrogens with zero attached hydrogens (tertiary/aromatic N) is 2. The van der Waals surface area contributed by atoms with Crippen LogP contribution in [-0.2, 0) is 4.79 Å². The Morgan fingerprint density at radius 1 is 1.30 bits per heavy atom. The maximum absolute atomic E-state index is 12.5. The van der Waals surface area contributed by atoms with E-state index in [9.17, 15) is 4.79 Å². The first-order valence-electron chi connectivity index (χ1n) is 7.34. The number of pyridine rings is 1. The van der Waals surface area contributed by atoms with Gasteiger partial charge in [0.15, 0.2) is 0 Å². The molecular weight excluding hydrogens is 252 g/mol. The number of carbonyl (C=O) groups excluding carboxylic acids is 1. The van der Waals surface area contributed by atoms with Crippen LogP contribution in [0.2, 0.25) is 0 Å². The molecule has 0 aliphatic carbocycles. The molecule has 5 nitrogen and oxygen atoms in total. The monoisotopic (exact) mass is 276 g/mol. The second kappa shape index (κ2) is 6.70. The summed E-state index contributed by atoms with van der Waals surface area (Å²) in [7, 11) is 0. The van der Waals surface area contributed by atoms with Crippen molar-refractivity contribution >= 4 is 17.4 Å². The first-order valence-corrected chi connectivity index (χ1v) is 7.34. The maximum Gasteiger partial charge on any atom is 0.242 e. The summed E-state index contributed by atoms with van der Waals surface area (Å²) in [6, 6.07) is 3.40. The zero-order valence-corrected chi connectivity index (χ0v) is 12.3. The van der Waals surface area contributed by atoms with Gasteiger partial charge in [-0.2, -0.15) is 0 Å². The Hall–Kier alpha value is -1.62. The van der Waals surface area contributed by atoms with Crippen molar-refractivity contribution in [2.24, 2.45) is 5.92 Å². The van der Waals surface area contributed by atoms with Gasteiger partial charge < -0.3 is 11.1 Å². The first kappa shape index (κ1) is 14.8. The van der Waals surface area contributed by atoms with E-state index in [2.05, 4.69) is 29.0 Å². The number of rotatable bonds is 4. The van der Waals surface area contributed by atoms with Gasteiger partial charge in [0.05, 0.1) is 17.9 Å². The van der Waals surface area contributed by atoms with Crippen molar-refractivity contribution in [3.8, 4) is 0 Å². The van der Waals surface area contributed by atoms with Crippen LogP contribution in [0.5, 0.6) is 0 Å². The standard InChI is InChI=1S/C15H24N4O/c1-11(2)14(19-8-4-3-5-9-19)15(20)18-12-6-7-13(16)17-10-12/h6-7,10-11,14H,3-5,8-9H2,1-2H3,(H2,16,17)(H,18,20). The number of nitrogen functional groups attached to an aromatic ring is 1. The Morgan fingerprint density at radius 3 is 2.55 bits per heavy atom. The highest BCUT2D eigenvalue weighted by Crippen LogP contribution is 2.19. The van der Waals surface area contributed by atoms with Crippen molar-refractivity contribution in [3.63, 3.8) is 0 Å². The van der Waals surface area contributed by atoms with Crippen LogP contribution in [0.3, 0.4) is 0 Å². The van der Waals surface area contributed by atoms with E-state index in [1.807, 2.05) is 0 Å². The predicted octanol–water partition coefficient (Wildman–Crippen LogP) is 2.11. The van der Waals surface area contributed by atoms with Crippen molar-refractivity contribution in [1.82, 2.24) is 9.88 Å². The Morgan fingerprint density at radius 2 is 2.00 bits per heavy atom. The van der Waals surface area contributed by atoms with Crippen LogP contribution >= 0.6 is 0 Å². The number of nitrogens with one attached hydrogen (secondary N) is 1. The topological polar surface area (TPSA) is 71.2 Å². The normalized spacial score (nSPS) is 17.9. The molecule has 1 aromatic rings. The molecule has 0 bridgehead atoms. The second-order valence-electron chi connectivity index (χ2n) is 5.75. The molecule has 0 saturated carbocycles. The van der Waals surface area contributed by atoms with Gasteiger partial charge in [0.2, 0.25) is 5.91 Å². The lowest BCUT2D eigenvalue weighted by molar-refractivity contribution is -0.123. The largest absolute Gasteiger partial charge is 0.384 e. The van der Waals surface area contributed by atoms with Gasteiger partial charge in [0.1, 0.15) is 5.82 Å². The summed E-state index contributed by atoms with van der Waals surface area (Å²) in [5.74, 6) is 0.794. The molecule has 1 aromatic heterocycles. The van der Waals surface area contributed by atoms with E-state index >= 15 is 0 Å². The fourth-order valence-electron chi connectivity index (χ4n) is 2.78. The fraction of sp³-hybridized carbons (Fsp3) is 0.600. The molecule has 110 valence electrons. The van der Waals surface area contributed by atoms with E-state index in [0.717, 1.165) is 13.1 Å². The van der Waals surface area contributed by atoms with E-state index in [4.69, 9.17) is 5.73 Å². The van der Waals surface area contributed by atoms with Gasteiger partial charge in [0, 0.05) is 0 Å². The predicted molar refractivity (Wildman–Crippen MR) is 81.3 cm³/mol. The molecule has 2 rings (SSSR count). The summed E-state index contributed by atoms with van der Waals surface area (Å²) in [6.45, 7) is 6.21. The molecule has 1 unspecified atom stereocenters. The number of aromatic nitrogens is 1. The van der Waals surface area contributed by atoms with Crippen LogP contribution in [-0.4, -0.2) is 34.9 Å². The summed E-state index contributed by atoms with van der Waals surface area (Å²) in [5, 5.41) is 2.95. The zero-order valence-electron chi connectivity index (χ0n) is 12.3.